The van der Waals surface area contributed by atoms with Crippen LogP contribution in [0, 0.1) is 0 Å². The van der Waals surface area contributed by atoms with Crippen molar-refractivity contribution in [1.29, 1.82) is 0 Å². The first kappa shape index (κ1) is 17.8. The van der Waals surface area contributed by atoms with Gasteiger partial charge in [-0.3, -0.25) is 4.79 Å². The highest BCUT2D eigenvalue weighted by Gasteiger charge is 2.22. The summed E-state index contributed by atoms with van der Waals surface area (Å²) >= 11 is 0. The van der Waals surface area contributed by atoms with Crippen LogP contribution in [-0.2, 0) is 17.8 Å². The van der Waals surface area contributed by atoms with Gasteiger partial charge in [0.1, 0.15) is 12.4 Å². The molecule has 1 saturated heterocycles. The molecule has 1 fully saturated rings. The number of carbonyl (C=O) groups excluding carboxylic acids is 2. The zero-order chi connectivity index (χ0) is 18.4. The van der Waals surface area contributed by atoms with Crippen LogP contribution < -0.4 is 10.5 Å². The fourth-order valence-corrected chi connectivity index (χ4v) is 2.91. The summed E-state index contributed by atoms with van der Waals surface area (Å²) in [6.45, 7) is 2.56. The second-order valence-electron chi connectivity index (χ2n) is 6.30. The van der Waals surface area contributed by atoms with Crippen molar-refractivity contribution in [1.82, 2.24) is 9.80 Å². The number of primary amides is 1. The monoisotopic (exact) mass is 353 g/mol. The smallest absolute Gasteiger partial charge is 0.314 e. The maximum absolute atomic E-state index is 12.4. The SMILES string of the molecule is NC(=O)N1CCN(C(=O)Cc2ccc(OCc3ccccc3)cc2)CC1. The molecule has 3 rings (SSSR count). The Hall–Kier alpha value is -3.02. The number of nitrogens with zero attached hydrogens (tertiary/aromatic N) is 2. The molecule has 6 heteroatoms. The van der Waals surface area contributed by atoms with Crippen molar-refractivity contribution in [3.63, 3.8) is 0 Å². The third-order valence-corrected chi connectivity index (χ3v) is 4.47. The van der Waals surface area contributed by atoms with E-state index in [1.807, 2.05) is 54.6 Å². The van der Waals surface area contributed by atoms with E-state index < -0.39 is 6.03 Å². The van der Waals surface area contributed by atoms with Gasteiger partial charge in [-0.1, -0.05) is 42.5 Å². The second-order valence-corrected chi connectivity index (χ2v) is 6.30. The van der Waals surface area contributed by atoms with E-state index in [1.54, 1.807) is 9.80 Å². The Balaban J connectivity index is 1.48. The van der Waals surface area contributed by atoms with Crippen LogP contribution in [0.25, 0.3) is 0 Å². The molecule has 1 aliphatic rings. The van der Waals surface area contributed by atoms with E-state index in [1.165, 1.54) is 0 Å². The topological polar surface area (TPSA) is 75.9 Å². The van der Waals surface area contributed by atoms with Crippen LogP contribution in [0.5, 0.6) is 5.75 Å². The Morgan fingerprint density at radius 2 is 1.46 bits per heavy atom. The molecule has 1 aliphatic heterocycles. The van der Waals surface area contributed by atoms with Gasteiger partial charge in [-0.15, -0.1) is 0 Å². The number of rotatable bonds is 5. The van der Waals surface area contributed by atoms with E-state index in [0.29, 0.717) is 39.2 Å². The second kappa shape index (κ2) is 8.38. The summed E-state index contributed by atoms with van der Waals surface area (Å²) in [7, 11) is 0. The van der Waals surface area contributed by atoms with E-state index in [2.05, 4.69) is 0 Å². The standard InChI is InChI=1S/C20H23N3O3/c21-20(25)23-12-10-22(11-13-23)19(24)14-16-6-8-18(9-7-16)26-15-17-4-2-1-3-5-17/h1-9H,10-15H2,(H2,21,25). The number of carbonyl (C=O) groups is 2. The number of hydrogen-bond donors (Lipinski definition) is 1. The zero-order valence-electron chi connectivity index (χ0n) is 14.6. The van der Waals surface area contributed by atoms with E-state index >= 15 is 0 Å². The molecule has 2 aromatic carbocycles. The van der Waals surface area contributed by atoms with Crippen molar-refractivity contribution in [3.8, 4) is 5.75 Å². The first-order valence-electron chi connectivity index (χ1n) is 8.69. The third-order valence-electron chi connectivity index (χ3n) is 4.47. The molecule has 0 aliphatic carbocycles. The molecule has 26 heavy (non-hydrogen) atoms. The van der Waals surface area contributed by atoms with Crippen LogP contribution in [0.2, 0.25) is 0 Å². The first-order valence-corrected chi connectivity index (χ1v) is 8.69. The number of urea groups is 1. The van der Waals surface area contributed by atoms with Gasteiger partial charge in [0.15, 0.2) is 0 Å². The third kappa shape index (κ3) is 4.75. The fourth-order valence-electron chi connectivity index (χ4n) is 2.91. The average molecular weight is 353 g/mol. The van der Waals surface area contributed by atoms with Crippen molar-refractivity contribution >= 4 is 11.9 Å². The highest BCUT2D eigenvalue weighted by Crippen LogP contribution is 2.15. The van der Waals surface area contributed by atoms with Gasteiger partial charge in [-0.05, 0) is 23.3 Å². The van der Waals surface area contributed by atoms with E-state index in [0.717, 1.165) is 16.9 Å². The number of nitrogens with two attached hydrogens (primary N) is 1. The van der Waals surface area contributed by atoms with Crippen molar-refractivity contribution < 1.29 is 14.3 Å². The molecule has 136 valence electrons. The number of ether oxygens (including phenoxy) is 1. The van der Waals surface area contributed by atoms with E-state index in [9.17, 15) is 9.59 Å². The minimum Gasteiger partial charge on any atom is -0.489 e. The van der Waals surface area contributed by atoms with Gasteiger partial charge in [-0.25, -0.2) is 4.79 Å². The van der Waals surface area contributed by atoms with E-state index in [4.69, 9.17) is 10.5 Å². The lowest BCUT2D eigenvalue weighted by Crippen LogP contribution is -2.52. The Labute approximate surface area is 153 Å². The fraction of sp³-hybridized carbons (Fsp3) is 0.300. The zero-order valence-corrected chi connectivity index (χ0v) is 14.6. The lowest BCUT2D eigenvalue weighted by Gasteiger charge is -2.33. The molecule has 0 bridgehead atoms. The molecule has 3 amide bonds. The molecule has 0 radical (unpaired) electrons. The minimum absolute atomic E-state index is 0.0621. The van der Waals surface area contributed by atoms with Crippen molar-refractivity contribution in [2.75, 3.05) is 26.2 Å². The minimum atomic E-state index is -0.428. The van der Waals surface area contributed by atoms with Crippen LogP contribution in [-0.4, -0.2) is 47.9 Å². The van der Waals surface area contributed by atoms with Crippen LogP contribution in [0.15, 0.2) is 54.6 Å². The lowest BCUT2D eigenvalue weighted by atomic mass is 10.1. The Morgan fingerprint density at radius 3 is 2.08 bits per heavy atom. The summed E-state index contributed by atoms with van der Waals surface area (Å²) in [4.78, 5) is 26.9. The van der Waals surface area contributed by atoms with Crippen LogP contribution in [0.1, 0.15) is 11.1 Å². The summed E-state index contributed by atoms with van der Waals surface area (Å²) in [5, 5.41) is 0. The molecule has 0 unspecified atom stereocenters. The maximum Gasteiger partial charge on any atom is 0.314 e. The first-order chi connectivity index (χ1) is 12.6. The van der Waals surface area contributed by atoms with Gasteiger partial charge in [0, 0.05) is 26.2 Å². The van der Waals surface area contributed by atoms with Gasteiger partial charge in [0.2, 0.25) is 5.91 Å². The van der Waals surface area contributed by atoms with E-state index in [-0.39, 0.29) is 5.91 Å². The number of piperazine rings is 1. The number of benzene rings is 2. The van der Waals surface area contributed by atoms with Gasteiger partial charge in [0.05, 0.1) is 6.42 Å². The average Bonchev–Trinajstić information content (AvgIpc) is 2.68. The van der Waals surface area contributed by atoms with Gasteiger partial charge < -0.3 is 20.3 Å². The lowest BCUT2D eigenvalue weighted by molar-refractivity contribution is -0.131. The Bertz CT molecular complexity index is 739. The molecule has 2 aromatic rings. The molecular formula is C20H23N3O3. The van der Waals surface area contributed by atoms with Gasteiger partial charge >= 0.3 is 6.03 Å². The molecule has 6 nitrogen and oxygen atoms in total. The van der Waals surface area contributed by atoms with Crippen molar-refractivity contribution in [3.05, 3.63) is 65.7 Å². The number of hydrogen-bond acceptors (Lipinski definition) is 3. The Morgan fingerprint density at radius 1 is 0.846 bits per heavy atom. The summed E-state index contributed by atoms with van der Waals surface area (Å²) in [6, 6.07) is 17.2. The predicted molar refractivity (Wildman–Crippen MR) is 98.7 cm³/mol. The number of amides is 3. The van der Waals surface area contributed by atoms with Crippen LogP contribution >= 0.6 is 0 Å². The predicted octanol–water partition coefficient (Wildman–Crippen LogP) is 2.03. The molecule has 0 saturated carbocycles. The highest BCUT2D eigenvalue weighted by atomic mass is 16.5. The van der Waals surface area contributed by atoms with Gasteiger partial charge in [0.25, 0.3) is 0 Å². The molecule has 0 atom stereocenters. The van der Waals surface area contributed by atoms with Crippen molar-refractivity contribution in [2.24, 2.45) is 5.73 Å². The van der Waals surface area contributed by atoms with Crippen LogP contribution in [0.4, 0.5) is 4.79 Å². The highest BCUT2D eigenvalue weighted by molar-refractivity contribution is 5.79. The molecular weight excluding hydrogens is 330 g/mol. The maximum atomic E-state index is 12.4. The normalized spacial score (nSPS) is 14.2. The summed E-state index contributed by atoms with van der Waals surface area (Å²) in [5.41, 5.74) is 7.32. The Kier molecular flexibility index (Phi) is 5.73. The molecule has 0 spiro atoms. The quantitative estimate of drug-likeness (QED) is 0.894. The van der Waals surface area contributed by atoms with Crippen LogP contribution in [0.3, 0.4) is 0 Å². The van der Waals surface area contributed by atoms with Gasteiger partial charge in [-0.2, -0.15) is 0 Å². The largest absolute Gasteiger partial charge is 0.489 e. The summed E-state index contributed by atoms with van der Waals surface area (Å²) in [5.74, 6) is 0.840. The summed E-state index contributed by atoms with van der Waals surface area (Å²) in [6.07, 6.45) is 0.343. The van der Waals surface area contributed by atoms with Crippen molar-refractivity contribution in [2.45, 2.75) is 13.0 Å². The summed E-state index contributed by atoms with van der Waals surface area (Å²) < 4.78 is 5.76. The molecule has 1 heterocycles. The molecule has 0 aromatic heterocycles. The molecule has 2 N–H and O–H groups in total.